The van der Waals surface area contributed by atoms with Gasteiger partial charge in [0.15, 0.2) is 0 Å². The molecule has 1 N–H and O–H groups in total. The maximum Gasteiger partial charge on any atom is 0.401 e. The molecule has 1 unspecified atom stereocenters. The molecule has 0 amide bonds. The first kappa shape index (κ1) is 15.0. The summed E-state index contributed by atoms with van der Waals surface area (Å²) in [6.45, 7) is 2.03. The van der Waals surface area contributed by atoms with Crippen molar-refractivity contribution in [3.05, 3.63) is 35.9 Å². The van der Waals surface area contributed by atoms with Crippen molar-refractivity contribution in [3.8, 4) is 0 Å². The Hall–Kier alpha value is -1.07. The number of benzene rings is 1. The second-order valence-corrected chi connectivity index (χ2v) is 4.50. The lowest BCUT2D eigenvalue weighted by atomic mass is 10.2. The largest absolute Gasteiger partial charge is 0.401 e. The molecule has 0 heterocycles. The lowest BCUT2D eigenvalue weighted by Gasteiger charge is -2.25. The monoisotopic (exact) mass is 260 g/mol. The Labute approximate surface area is 106 Å². The molecule has 0 aliphatic rings. The van der Waals surface area contributed by atoms with E-state index in [1.54, 1.807) is 0 Å². The molecule has 0 bridgehead atoms. The lowest BCUT2D eigenvalue weighted by molar-refractivity contribution is -0.125. The highest BCUT2D eigenvalue weighted by Crippen LogP contribution is 2.12. The van der Waals surface area contributed by atoms with Crippen LogP contribution in [0.15, 0.2) is 30.3 Å². The molecule has 18 heavy (non-hydrogen) atoms. The van der Waals surface area contributed by atoms with E-state index < -0.39 is 12.7 Å². The molecule has 0 aliphatic carbocycles. The molecule has 0 aliphatic heterocycles. The van der Waals surface area contributed by atoms with Crippen molar-refractivity contribution >= 4 is 0 Å². The Balaban J connectivity index is 2.31. The normalized spacial score (nSPS) is 13.9. The summed E-state index contributed by atoms with van der Waals surface area (Å²) in [6, 6.07) is 9.91. The van der Waals surface area contributed by atoms with Gasteiger partial charge in [0.05, 0.1) is 6.54 Å². The lowest BCUT2D eigenvalue weighted by Crippen LogP contribution is -2.40. The molecule has 2 nitrogen and oxygen atoms in total. The zero-order valence-corrected chi connectivity index (χ0v) is 10.7. The van der Waals surface area contributed by atoms with E-state index in [9.17, 15) is 13.2 Å². The van der Waals surface area contributed by atoms with E-state index in [1.807, 2.05) is 49.2 Å². The highest BCUT2D eigenvalue weighted by molar-refractivity contribution is 5.14. The number of likely N-dealkylation sites (N-methyl/N-ethyl adjacent to an activating group) is 1. The van der Waals surface area contributed by atoms with Crippen molar-refractivity contribution in [2.75, 3.05) is 20.1 Å². The summed E-state index contributed by atoms with van der Waals surface area (Å²) < 4.78 is 35.9. The van der Waals surface area contributed by atoms with Gasteiger partial charge >= 0.3 is 6.18 Å². The number of hydrogen-bond acceptors (Lipinski definition) is 2. The van der Waals surface area contributed by atoms with Crippen LogP contribution in [0.25, 0.3) is 0 Å². The van der Waals surface area contributed by atoms with Crippen LogP contribution in [0.3, 0.4) is 0 Å². The zero-order chi connectivity index (χ0) is 13.6. The molecule has 0 radical (unpaired) electrons. The molecule has 102 valence electrons. The standard InChI is InChI=1S/C13H19F3N2/c1-11(8-17-10-13(14,15)16)18(2)9-12-6-4-3-5-7-12/h3-7,11,17H,8-10H2,1-2H3. The average Bonchev–Trinajstić information content (AvgIpc) is 2.28. The number of nitrogens with one attached hydrogen (secondary N) is 1. The molecule has 0 spiro atoms. The van der Waals surface area contributed by atoms with Gasteiger partial charge < -0.3 is 5.32 Å². The van der Waals surface area contributed by atoms with Crippen molar-refractivity contribution in [3.63, 3.8) is 0 Å². The predicted molar refractivity (Wildman–Crippen MR) is 66.3 cm³/mol. The average molecular weight is 260 g/mol. The van der Waals surface area contributed by atoms with Gasteiger partial charge in [0, 0.05) is 19.1 Å². The summed E-state index contributed by atoms with van der Waals surface area (Å²) in [4.78, 5) is 2.03. The summed E-state index contributed by atoms with van der Waals surface area (Å²) in [5.41, 5.74) is 1.16. The van der Waals surface area contributed by atoms with E-state index in [4.69, 9.17) is 0 Å². The fraction of sp³-hybridized carbons (Fsp3) is 0.538. The van der Waals surface area contributed by atoms with E-state index in [1.165, 1.54) is 0 Å². The molecular formula is C13H19F3N2. The first-order valence-corrected chi connectivity index (χ1v) is 5.90. The van der Waals surface area contributed by atoms with Crippen LogP contribution in [0.5, 0.6) is 0 Å². The molecule has 1 atom stereocenters. The van der Waals surface area contributed by atoms with Crippen LogP contribution in [0, 0.1) is 0 Å². The van der Waals surface area contributed by atoms with Crippen LogP contribution in [0.4, 0.5) is 13.2 Å². The maximum atomic E-state index is 12.0. The van der Waals surface area contributed by atoms with E-state index in [0.29, 0.717) is 6.54 Å². The zero-order valence-electron chi connectivity index (χ0n) is 10.7. The fourth-order valence-corrected chi connectivity index (χ4v) is 1.61. The summed E-state index contributed by atoms with van der Waals surface area (Å²) in [6.07, 6.45) is -4.14. The van der Waals surface area contributed by atoms with Gasteiger partial charge in [0.25, 0.3) is 0 Å². The number of alkyl halides is 3. The molecule has 0 saturated heterocycles. The van der Waals surface area contributed by atoms with Gasteiger partial charge in [-0.15, -0.1) is 0 Å². The minimum absolute atomic E-state index is 0.0487. The third kappa shape index (κ3) is 6.02. The van der Waals surface area contributed by atoms with Crippen molar-refractivity contribution in [2.24, 2.45) is 0 Å². The van der Waals surface area contributed by atoms with Crippen molar-refractivity contribution < 1.29 is 13.2 Å². The molecule has 1 rings (SSSR count). The van der Waals surface area contributed by atoms with Crippen LogP contribution in [0.1, 0.15) is 12.5 Å². The van der Waals surface area contributed by atoms with Gasteiger partial charge in [-0.05, 0) is 19.5 Å². The number of halogens is 3. The van der Waals surface area contributed by atoms with Gasteiger partial charge in [-0.2, -0.15) is 13.2 Å². The highest BCUT2D eigenvalue weighted by Gasteiger charge is 2.26. The highest BCUT2D eigenvalue weighted by atomic mass is 19.4. The van der Waals surface area contributed by atoms with Crippen LogP contribution in [-0.4, -0.2) is 37.3 Å². The quantitative estimate of drug-likeness (QED) is 0.846. The second-order valence-electron chi connectivity index (χ2n) is 4.50. The van der Waals surface area contributed by atoms with E-state index in [-0.39, 0.29) is 6.04 Å². The number of nitrogens with zero attached hydrogens (tertiary/aromatic N) is 1. The summed E-state index contributed by atoms with van der Waals surface area (Å²) in [7, 11) is 1.91. The van der Waals surface area contributed by atoms with Crippen LogP contribution < -0.4 is 5.32 Å². The Morgan fingerprint density at radius 3 is 2.39 bits per heavy atom. The first-order valence-electron chi connectivity index (χ1n) is 5.90. The Morgan fingerprint density at radius 2 is 1.83 bits per heavy atom. The maximum absolute atomic E-state index is 12.0. The first-order chi connectivity index (χ1) is 8.38. The van der Waals surface area contributed by atoms with Gasteiger partial charge in [-0.1, -0.05) is 30.3 Å². The Morgan fingerprint density at radius 1 is 1.22 bits per heavy atom. The number of rotatable bonds is 6. The van der Waals surface area contributed by atoms with Crippen molar-refractivity contribution in [1.82, 2.24) is 10.2 Å². The summed E-state index contributed by atoms with van der Waals surface area (Å²) >= 11 is 0. The SMILES string of the molecule is CC(CNCC(F)(F)F)N(C)Cc1ccccc1. The Bertz CT molecular complexity index is 338. The van der Waals surface area contributed by atoms with Gasteiger partial charge in [-0.3, -0.25) is 4.90 Å². The minimum atomic E-state index is -4.14. The predicted octanol–water partition coefficient (Wildman–Crippen LogP) is 2.66. The molecule has 0 aromatic heterocycles. The van der Waals surface area contributed by atoms with Gasteiger partial charge in [0.2, 0.25) is 0 Å². The topological polar surface area (TPSA) is 15.3 Å². The Kier molecular flexibility index (Phi) is 5.62. The molecule has 0 fully saturated rings. The third-order valence-electron chi connectivity index (χ3n) is 2.79. The summed E-state index contributed by atoms with van der Waals surface area (Å²) in [5, 5.41) is 2.43. The van der Waals surface area contributed by atoms with Gasteiger partial charge in [-0.25, -0.2) is 0 Å². The van der Waals surface area contributed by atoms with Crippen LogP contribution in [0.2, 0.25) is 0 Å². The molecule has 0 saturated carbocycles. The van der Waals surface area contributed by atoms with Crippen LogP contribution >= 0.6 is 0 Å². The van der Waals surface area contributed by atoms with Crippen molar-refractivity contribution in [1.29, 1.82) is 0 Å². The molecule has 1 aromatic rings. The second kappa shape index (κ2) is 6.75. The molecule has 1 aromatic carbocycles. The molecule has 5 heteroatoms. The molecular weight excluding hydrogens is 241 g/mol. The summed E-state index contributed by atoms with van der Waals surface area (Å²) in [5.74, 6) is 0. The smallest absolute Gasteiger partial charge is 0.307 e. The third-order valence-corrected chi connectivity index (χ3v) is 2.79. The number of hydrogen-bond donors (Lipinski definition) is 1. The van der Waals surface area contributed by atoms with E-state index in [0.717, 1.165) is 12.1 Å². The fourth-order valence-electron chi connectivity index (χ4n) is 1.61. The van der Waals surface area contributed by atoms with Gasteiger partial charge in [0.1, 0.15) is 0 Å². The van der Waals surface area contributed by atoms with Crippen LogP contribution in [-0.2, 0) is 6.54 Å². The van der Waals surface area contributed by atoms with E-state index in [2.05, 4.69) is 5.32 Å². The van der Waals surface area contributed by atoms with E-state index >= 15 is 0 Å². The minimum Gasteiger partial charge on any atom is -0.307 e. The van der Waals surface area contributed by atoms with Crippen molar-refractivity contribution in [2.45, 2.75) is 25.7 Å².